The molecule has 2 atom stereocenters. The van der Waals surface area contributed by atoms with Gasteiger partial charge in [-0.2, -0.15) is 0 Å². The van der Waals surface area contributed by atoms with Gasteiger partial charge in [0, 0.05) is 5.92 Å². The van der Waals surface area contributed by atoms with Crippen molar-refractivity contribution in [2.24, 2.45) is 0 Å². The first-order chi connectivity index (χ1) is 6.13. The van der Waals surface area contributed by atoms with E-state index in [1.165, 1.54) is 0 Å². The molecule has 13 heavy (non-hydrogen) atoms. The predicted octanol–water partition coefficient (Wildman–Crippen LogP) is 2.42. The summed E-state index contributed by atoms with van der Waals surface area (Å²) in [7, 11) is 0. The molecule has 0 fully saturated rings. The summed E-state index contributed by atoms with van der Waals surface area (Å²) in [6.45, 7) is 1.59. The van der Waals surface area contributed by atoms with Crippen molar-refractivity contribution in [1.82, 2.24) is 0 Å². The van der Waals surface area contributed by atoms with E-state index in [0.29, 0.717) is 0 Å². The maximum atomic E-state index is 12.1. The van der Waals surface area contributed by atoms with Crippen molar-refractivity contribution in [3.63, 3.8) is 0 Å². The molecule has 1 aromatic rings. The minimum atomic E-state index is -2.68. The van der Waals surface area contributed by atoms with Crippen LogP contribution in [0.1, 0.15) is 18.4 Å². The lowest BCUT2D eigenvalue weighted by atomic mass is 9.96. The zero-order valence-electron chi connectivity index (χ0n) is 7.32. The van der Waals surface area contributed by atoms with Crippen LogP contribution in [0, 0.1) is 0 Å². The molecule has 2 unspecified atom stereocenters. The van der Waals surface area contributed by atoms with E-state index in [2.05, 4.69) is 0 Å². The highest BCUT2D eigenvalue weighted by Gasteiger charge is 2.24. The summed E-state index contributed by atoms with van der Waals surface area (Å²) in [5, 5.41) is 9.10. The zero-order valence-corrected chi connectivity index (χ0v) is 7.32. The number of aliphatic hydroxyl groups excluding tert-OH is 1. The van der Waals surface area contributed by atoms with E-state index in [1.54, 1.807) is 31.2 Å². The molecule has 1 nitrogen and oxygen atoms in total. The number of aliphatic hydroxyl groups is 1. The van der Waals surface area contributed by atoms with Crippen molar-refractivity contribution in [2.45, 2.75) is 25.4 Å². The molecule has 0 spiro atoms. The van der Waals surface area contributed by atoms with E-state index in [0.717, 1.165) is 5.56 Å². The van der Waals surface area contributed by atoms with Gasteiger partial charge < -0.3 is 5.11 Å². The molecule has 1 N–H and O–H groups in total. The first kappa shape index (κ1) is 10.1. The van der Waals surface area contributed by atoms with Gasteiger partial charge in [-0.3, -0.25) is 0 Å². The van der Waals surface area contributed by atoms with Gasteiger partial charge in [0.1, 0.15) is 6.10 Å². The second-order valence-electron chi connectivity index (χ2n) is 3.02. The Morgan fingerprint density at radius 1 is 1.15 bits per heavy atom. The van der Waals surface area contributed by atoms with E-state index in [4.69, 9.17) is 5.11 Å². The SMILES string of the molecule is CC(c1ccccc1)C(O)C(F)F. The van der Waals surface area contributed by atoms with Crippen LogP contribution in [0.15, 0.2) is 30.3 Å². The van der Waals surface area contributed by atoms with Gasteiger partial charge in [-0.15, -0.1) is 0 Å². The van der Waals surface area contributed by atoms with Gasteiger partial charge in [-0.1, -0.05) is 37.3 Å². The Labute approximate surface area is 76.0 Å². The lowest BCUT2D eigenvalue weighted by Gasteiger charge is -2.17. The van der Waals surface area contributed by atoms with Crippen LogP contribution < -0.4 is 0 Å². The number of hydrogen-bond donors (Lipinski definition) is 1. The summed E-state index contributed by atoms with van der Waals surface area (Å²) < 4.78 is 24.2. The molecule has 0 amide bonds. The average molecular weight is 186 g/mol. The molecule has 72 valence electrons. The third-order valence-electron chi connectivity index (χ3n) is 2.10. The molecule has 0 radical (unpaired) electrons. The van der Waals surface area contributed by atoms with Crippen LogP contribution in [0.4, 0.5) is 8.78 Å². The Balaban J connectivity index is 2.73. The number of halogens is 2. The van der Waals surface area contributed by atoms with Crippen LogP contribution in [0.2, 0.25) is 0 Å². The third-order valence-corrected chi connectivity index (χ3v) is 2.10. The minimum absolute atomic E-state index is 0.527. The van der Waals surface area contributed by atoms with Crippen molar-refractivity contribution in [3.8, 4) is 0 Å². The Morgan fingerprint density at radius 3 is 2.15 bits per heavy atom. The molecule has 0 aliphatic rings. The molecule has 0 aliphatic carbocycles. The Bertz CT molecular complexity index is 248. The lowest BCUT2D eigenvalue weighted by Crippen LogP contribution is -2.24. The van der Waals surface area contributed by atoms with Crippen molar-refractivity contribution in [2.75, 3.05) is 0 Å². The van der Waals surface area contributed by atoms with E-state index in [9.17, 15) is 8.78 Å². The van der Waals surface area contributed by atoms with Gasteiger partial charge in [0.05, 0.1) is 0 Å². The standard InChI is InChI=1S/C10H12F2O/c1-7(9(13)10(11)12)8-5-3-2-4-6-8/h2-7,9-10,13H,1H3. The number of benzene rings is 1. The fourth-order valence-corrected chi connectivity index (χ4v) is 1.17. The Kier molecular flexibility index (Phi) is 3.37. The van der Waals surface area contributed by atoms with E-state index in [1.807, 2.05) is 6.07 Å². The van der Waals surface area contributed by atoms with Crippen molar-refractivity contribution >= 4 is 0 Å². The van der Waals surface area contributed by atoms with E-state index < -0.39 is 18.4 Å². The van der Waals surface area contributed by atoms with Crippen LogP contribution in [-0.4, -0.2) is 17.6 Å². The highest BCUT2D eigenvalue weighted by Crippen LogP contribution is 2.22. The van der Waals surface area contributed by atoms with Crippen LogP contribution in [-0.2, 0) is 0 Å². The molecule has 0 saturated heterocycles. The van der Waals surface area contributed by atoms with Gasteiger partial charge in [0.15, 0.2) is 0 Å². The van der Waals surface area contributed by atoms with Crippen LogP contribution in [0.5, 0.6) is 0 Å². The molecule has 1 aromatic carbocycles. The zero-order chi connectivity index (χ0) is 9.84. The fraction of sp³-hybridized carbons (Fsp3) is 0.400. The second kappa shape index (κ2) is 4.33. The number of rotatable bonds is 3. The quantitative estimate of drug-likeness (QED) is 0.768. The molecular weight excluding hydrogens is 174 g/mol. The van der Waals surface area contributed by atoms with Crippen LogP contribution in [0.3, 0.4) is 0 Å². The van der Waals surface area contributed by atoms with Crippen LogP contribution >= 0.6 is 0 Å². The highest BCUT2D eigenvalue weighted by atomic mass is 19.3. The largest absolute Gasteiger partial charge is 0.387 e. The predicted molar refractivity (Wildman–Crippen MR) is 46.9 cm³/mol. The summed E-state index contributed by atoms with van der Waals surface area (Å²) in [5.74, 6) is -0.527. The maximum absolute atomic E-state index is 12.1. The Morgan fingerprint density at radius 2 is 1.69 bits per heavy atom. The monoisotopic (exact) mass is 186 g/mol. The van der Waals surface area contributed by atoms with Crippen molar-refractivity contribution in [1.29, 1.82) is 0 Å². The number of hydrogen-bond acceptors (Lipinski definition) is 1. The first-order valence-corrected chi connectivity index (χ1v) is 4.14. The van der Waals surface area contributed by atoms with Crippen molar-refractivity contribution in [3.05, 3.63) is 35.9 Å². The molecule has 3 heteroatoms. The van der Waals surface area contributed by atoms with Gasteiger partial charge >= 0.3 is 0 Å². The van der Waals surface area contributed by atoms with E-state index >= 15 is 0 Å². The Hall–Kier alpha value is -0.960. The van der Waals surface area contributed by atoms with Gasteiger partial charge in [-0.05, 0) is 5.56 Å². The fourth-order valence-electron chi connectivity index (χ4n) is 1.17. The summed E-state index contributed by atoms with van der Waals surface area (Å²) in [6.07, 6.45) is -4.27. The molecule has 0 heterocycles. The minimum Gasteiger partial charge on any atom is -0.387 e. The molecule has 0 saturated carbocycles. The summed E-state index contributed by atoms with van der Waals surface area (Å²) in [4.78, 5) is 0. The first-order valence-electron chi connectivity index (χ1n) is 4.14. The lowest BCUT2D eigenvalue weighted by molar-refractivity contribution is -0.0169. The maximum Gasteiger partial charge on any atom is 0.264 e. The average Bonchev–Trinajstić information content (AvgIpc) is 2.17. The third kappa shape index (κ3) is 2.49. The second-order valence-corrected chi connectivity index (χ2v) is 3.02. The highest BCUT2D eigenvalue weighted by molar-refractivity contribution is 5.19. The molecule has 1 rings (SSSR count). The normalized spacial score (nSPS) is 15.8. The van der Waals surface area contributed by atoms with E-state index in [-0.39, 0.29) is 0 Å². The molecular formula is C10H12F2O. The smallest absolute Gasteiger partial charge is 0.264 e. The molecule has 0 aromatic heterocycles. The van der Waals surface area contributed by atoms with Gasteiger partial charge in [0.25, 0.3) is 6.43 Å². The van der Waals surface area contributed by atoms with Gasteiger partial charge in [0.2, 0.25) is 0 Å². The molecule has 0 aliphatic heterocycles. The number of alkyl halides is 2. The summed E-state index contributed by atoms with van der Waals surface area (Å²) in [5.41, 5.74) is 0.732. The van der Waals surface area contributed by atoms with Crippen LogP contribution in [0.25, 0.3) is 0 Å². The van der Waals surface area contributed by atoms with Crippen molar-refractivity contribution < 1.29 is 13.9 Å². The molecule has 0 bridgehead atoms. The summed E-state index contributed by atoms with van der Waals surface area (Å²) in [6, 6.07) is 8.81. The van der Waals surface area contributed by atoms with Gasteiger partial charge in [-0.25, -0.2) is 8.78 Å². The summed E-state index contributed by atoms with van der Waals surface area (Å²) >= 11 is 0. The topological polar surface area (TPSA) is 20.2 Å².